The van der Waals surface area contributed by atoms with Gasteiger partial charge in [0, 0.05) is 32.9 Å². The molecule has 2 rings (SSSR count). The summed E-state index contributed by atoms with van der Waals surface area (Å²) in [6, 6.07) is 0. The van der Waals surface area contributed by atoms with Crippen LogP contribution in [0.25, 0.3) is 0 Å². The summed E-state index contributed by atoms with van der Waals surface area (Å²) in [6.45, 7) is 5.74. The van der Waals surface area contributed by atoms with E-state index in [0.717, 1.165) is 13.1 Å². The summed E-state index contributed by atoms with van der Waals surface area (Å²) in [5, 5.41) is 3.45. The first-order valence-corrected chi connectivity index (χ1v) is 5.74. The lowest BCUT2D eigenvalue weighted by atomic mass is 10.4. The van der Waals surface area contributed by atoms with Gasteiger partial charge in [0.05, 0.1) is 12.0 Å². The number of hydrogen-bond acceptors (Lipinski definition) is 3. The van der Waals surface area contributed by atoms with Crippen molar-refractivity contribution in [3.63, 3.8) is 0 Å². The van der Waals surface area contributed by atoms with E-state index in [4.69, 9.17) is 0 Å². The molecule has 1 N–H and O–H groups in total. The maximum atomic E-state index is 4.09. The fourth-order valence-electron chi connectivity index (χ4n) is 2.01. The molecule has 1 saturated heterocycles. The van der Waals surface area contributed by atoms with Gasteiger partial charge >= 0.3 is 0 Å². The number of rotatable bonds is 5. The van der Waals surface area contributed by atoms with Crippen molar-refractivity contribution in [2.45, 2.75) is 19.4 Å². The molecule has 0 saturated carbocycles. The predicted octanol–water partition coefficient (Wildman–Crippen LogP) is 0.605. The summed E-state index contributed by atoms with van der Waals surface area (Å²) >= 11 is 0. The number of hydrogen-bond donors (Lipinski definition) is 1. The van der Waals surface area contributed by atoms with Gasteiger partial charge in [-0.3, -0.25) is 0 Å². The molecule has 0 atom stereocenters. The molecule has 84 valence electrons. The highest BCUT2D eigenvalue weighted by atomic mass is 15.2. The van der Waals surface area contributed by atoms with Crippen LogP contribution in [0.1, 0.15) is 18.5 Å². The van der Waals surface area contributed by atoms with Crippen molar-refractivity contribution in [1.29, 1.82) is 0 Å². The Balaban J connectivity index is 1.60. The van der Waals surface area contributed by atoms with E-state index in [1.54, 1.807) is 0 Å². The zero-order chi connectivity index (χ0) is 10.5. The monoisotopic (exact) mass is 208 g/mol. The highest BCUT2D eigenvalue weighted by molar-refractivity contribution is 4.96. The summed E-state index contributed by atoms with van der Waals surface area (Å²) in [7, 11) is 2.03. The van der Waals surface area contributed by atoms with Crippen LogP contribution in [0.15, 0.2) is 12.5 Å². The largest absolute Gasteiger partial charge is 0.337 e. The first-order chi connectivity index (χ1) is 7.36. The molecule has 1 aromatic heterocycles. The second-order valence-corrected chi connectivity index (χ2v) is 4.22. The summed E-state index contributed by atoms with van der Waals surface area (Å²) in [6.07, 6.45) is 6.52. The van der Waals surface area contributed by atoms with Gasteiger partial charge in [-0.25, -0.2) is 4.98 Å². The third-order valence-corrected chi connectivity index (χ3v) is 3.03. The van der Waals surface area contributed by atoms with Gasteiger partial charge < -0.3 is 14.8 Å². The molecular weight excluding hydrogens is 188 g/mol. The minimum absolute atomic E-state index is 0.921. The average molecular weight is 208 g/mol. The van der Waals surface area contributed by atoms with Crippen LogP contribution in [0, 0.1) is 0 Å². The Morgan fingerprint density at radius 1 is 1.40 bits per heavy atom. The van der Waals surface area contributed by atoms with Crippen molar-refractivity contribution < 1.29 is 0 Å². The van der Waals surface area contributed by atoms with Crippen LogP contribution in [-0.2, 0) is 13.6 Å². The maximum absolute atomic E-state index is 4.09. The van der Waals surface area contributed by atoms with E-state index in [9.17, 15) is 0 Å². The van der Waals surface area contributed by atoms with Gasteiger partial charge in [0.15, 0.2) is 0 Å². The van der Waals surface area contributed by atoms with Crippen LogP contribution >= 0.6 is 0 Å². The van der Waals surface area contributed by atoms with Crippen molar-refractivity contribution in [1.82, 2.24) is 19.8 Å². The normalized spacial score (nSPS) is 17.4. The molecule has 1 fully saturated rings. The molecule has 1 aromatic rings. The highest BCUT2D eigenvalue weighted by Crippen LogP contribution is 2.05. The Morgan fingerprint density at radius 2 is 2.20 bits per heavy atom. The van der Waals surface area contributed by atoms with Gasteiger partial charge in [-0.2, -0.15) is 0 Å². The van der Waals surface area contributed by atoms with Crippen LogP contribution in [0.4, 0.5) is 0 Å². The second-order valence-electron chi connectivity index (χ2n) is 4.22. The Labute approximate surface area is 91.3 Å². The van der Waals surface area contributed by atoms with E-state index < -0.39 is 0 Å². The van der Waals surface area contributed by atoms with Crippen molar-refractivity contribution >= 4 is 0 Å². The van der Waals surface area contributed by atoms with E-state index in [1.807, 2.05) is 19.6 Å². The standard InChI is InChI=1S/C11H20N4/c1-14-10-13-9-11(14)8-12-4-7-15-5-2-3-6-15/h9-10,12H,2-8H2,1H3. The Morgan fingerprint density at radius 3 is 2.87 bits per heavy atom. The van der Waals surface area contributed by atoms with Crippen LogP contribution in [0.3, 0.4) is 0 Å². The van der Waals surface area contributed by atoms with Gasteiger partial charge in [0.2, 0.25) is 0 Å². The molecule has 0 bridgehead atoms. The fraction of sp³-hybridized carbons (Fsp3) is 0.727. The predicted molar refractivity (Wildman–Crippen MR) is 60.6 cm³/mol. The Hall–Kier alpha value is -0.870. The van der Waals surface area contributed by atoms with E-state index in [2.05, 4.69) is 19.8 Å². The average Bonchev–Trinajstić information content (AvgIpc) is 2.85. The molecule has 4 nitrogen and oxygen atoms in total. The zero-order valence-corrected chi connectivity index (χ0v) is 9.45. The van der Waals surface area contributed by atoms with Gasteiger partial charge in [0.25, 0.3) is 0 Å². The van der Waals surface area contributed by atoms with Crippen LogP contribution in [0.5, 0.6) is 0 Å². The molecule has 15 heavy (non-hydrogen) atoms. The van der Waals surface area contributed by atoms with Crippen LogP contribution in [-0.4, -0.2) is 40.6 Å². The minimum atomic E-state index is 0.921. The molecule has 0 aliphatic carbocycles. The number of likely N-dealkylation sites (tertiary alicyclic amines) is 1. The third-order valence-electron chi connectivity index (χ3n) is 3.03. The Bertz CT molecular complexity index is 289. The van der Waals surface area contributed by atoms with Crippen LogP contribution in [0.2, 0.25) is 0 Å². The first kappa shape index (κ1) is 10.6. The smallest absolute Gasteiger partial charge is 0.0945 e. The SMILES string of the molecule is Cn1cncc1CNCCN1CCCC1. The molecular formula is C11H20N4. The van der Waals surface area contributed by atoms with E-state index >= 15 is 0 Å². The highest BCUT2D eigenvalue weighted by Gasteiger charge is 2.09. The Kier molecular flexibility index (Phi) is 3.75. The number of aromatic nitrogens is 2. The van der Waals surface area contributed by atoms with Crippen molar-refractivity contribution in [2.75, 3.05) is 26.2 Å². The van der Waals surface area contributed by atoms with Crippen molar-refractivity contribution in [3.05, 3.63) is 18.2 Å². The quantitative estimate of drug-likeness (QED) is 0.720. The zero-order valence-electron chi connectivity index (χ0n) is 9.45. The first-order valence-electron chi connectivity index (χ1n) is 5.74. The third kappa shape index (κ3) is 3.04. The lowest BCUT2D eigenvalue weighted by Gasteiger charge is -2.14. The fourth-order valence-corrected chi connectivity index (χ4v) is 2.01. The number of nitrogens with one attached hydrogen (secondary N) is 1. The van der Waals surface area contributed by atoms with Crippen molar-refractivity contribution in [3.8, 4) is 0 Å². The number of aryl methyl sites for hydroxylation is 1. The van der Waals surface area contributed by atoms with E-state index in [-0.39, 0.29) is 0 Å². The van der Waals surface area contributed by atoms with Crippen LogP contribution < -0.4 is 5.32 Å². The molecule has 4 heteroatoms. The van der Waals surface area contributed by atoms with Gasteiger partial charge in [-0.15, -0.1) is 0 Å². The second kappa shape index (κ2) is 5.28. The molecule has 2 heterocycles. The molecule has 0 radical (unpaired) electrons. The summed E-state index contributed by atoms with van der Waals surface area (Å²) in [5.74, 6) is 0. The maximum Gasteiger partial charge on any atom is 0.0945 e. The van der Waals surface area contributed by atoms with Gasteiger partial charge in [0.1, 0.15) is 0 Å². The summed E-state index contributed by atoms with van der Waals surface area (Å²) < 4.78 is 2.06. The molecule has 0 aromatic carbocycles. The van der Waals surface area contributed by atoms with Gasteiger partial charge in [-0.1, -0.05) is 0 Å². The number of nitrogens with zero attached hydrogens (tertiary/aromatic N) is 3. The number of imidazole rings is 1. The molecule has 0 unspecified atom stereocenters. The van der Waals surface area contributed by atoms with Gasteiger partial charge in [-0.05, 0) is 25.9 Å². The lowest BCUT2D eigenvalue weighted by Crippen LogP contribution is -2.30. The molecule has 1 aliphatic heterocycles. The van der Waals surface area contributed by atoms with E-state index in [0.29, 0.717) is 0 Å². The molecule has 0 spiro atoms. The molecule has 0 amide bonds. The van der Waals surface area contributed by atoms with Crippen molar-refractivity contribution in [2.24, 2.45) is 7.05 Å². The molecule has 1 aliphatic rings. The lowest BCUT2D eigenvalue weighted by molar-refractivity contribution is 0.335. The minimum Gasteiger partial charge on any atom is -0.337 e. The summed E-state index contributed by atoms with van der Waals surface area (Å²) in [4.78, 5) is 6.61. The van der Waals surface area contributed by atoms with E-state index in [1.165, 1.54) is 38.2 Å². The summed E-state index contributed by atoms with van der Waals surface area (Å²) in [5.41, 5.74) is 1.25. The topological polar surface area (TPSA) is 33.1 Å².